The molecule has 2 aromatic rings. The molecule has 1 heteroatoms. The Morgan fingerprint density at radius 3 is 1.53 bits per heavy atom. The molecule has 0 fully saturated rings. The van der Waals surface area contributed by atoms with Gasteiger partial charge in [-0.1, -0.05) is 66.7 Å². The minimum atomic E-state index is 1.14. The van der Waals surface area contributed by atoms with E-state index in [-0.39, 0.29) is 0 Å². The van der Waals surface area contributed by atoms with Gasteiger partial charge >= 0.3 is 0 Å². The van der Waals surface area contributed by atoms with Gasteiger partial charge in [0.05, 0.1) is 0 Å². The summed E-state index contributed by atoms with van der Waals surface area (Å²) in [7, 11) is 0. The molecule has 0 atom stereocenters. The molecule has 1 heterocycles. The first-order valence-electron chi connectivity index (χ1n) is 5.96. The molecule has 0 saturated heterocycles. The predicted octanol–water partition coefficient (Wildman–Crippen LogP) is 3.85. The number of rotatable bonds is 1. The van der Waals surface area contributed by atoms with Crippen LogP contribution in [0.15, 0.2) is 72.9 Å². The summed E-state index contributed by atoms with van der Waals surface area (Å²) >= 11 is 0. The highest BCUT2D eigenvalue weighted by atomic mass is 14.8. The third-order valence-electron chi connectivity index (χ3n) is 2.57. The second-order valence-electron chi connectivity index (χ2n) is 3.88. The number of hydrogen-bond acceptors (Lipinski definition) is 1. The van der Waals surface area contributed by atoms with E-state index in [1.54, 1.807) is 0 Å². The molecule has 86 valence electrons. The van der Waals surface area contributed by atoms with E-state index >= 15 is 0 Å². The lowest BCUT2D eigenvalue weighted by Gasteiger charge is -1.98. The van der Waals surface area contributed by atoms with Crippen LogP contribution in [-0.2, 0) is 0 Å². The molecule has 17 heavy (non-hydrogen) atoms. The largest absolute Gasteiger partial charge is 0.391 e. The Morgan fingerprint density at radius 2 is 1.24 bits per heavy atom. The lowest BCUT2D eigenvalue weighted by atomic mass is 10.1. The van der Waals surface area contributed by atoms with E-state index in [1.807, 2.05) is 18.3 Å². The molecule has 0 spiro atoms. The Hall–Kier alpha value is -2.02. The maximum atomic E-state index is 3.04. The molecular weight excluding hydrogens is 206 g/mol. The van der Waals surface area contributed by atoms with E-state index in [1.165, 1.54) is 17.5 Å². The molecule has 1 N–H and O–H groups in total. The molecule has 0 bridgehead atoms. The van der Waals surface area contributed by atoms with Crippen molar-refractivity contribution in [3.8, 4) is 11.1 Å². The second-order valence-corrected chi connectivity index (χ2v) is 3.88. The summed E-state index contributed by atoms with van der Waals surface area (Å²) in [6.45, 7) is 1.14. The van der Waals surface area contributed by atoms with Gasteiger partial charge in [-0.25, -0.2) is 0 Å². The third kappa shape index (κ3) is 3.80. The molecular formula is C16H17N. The van der Waals surface area contributed by atoms with Gasteiger partial charge in [-0.15, -0.1) is 0 Å². The highest BCUT2D eigenvalue weighted by Crippen LogP contribution is 2.17. The van der Waals surface area contributed by atoms with Crippen molar-refractivity contribution in [2.45, 2.75) is 6.42 Å². The Labute approximate surface area is 103 Å². The van der Waals surface area contributed by atoms with Crippen molar-refractivity contribution in [3.63, 3.8) is 0 Å². The third-order valence-corrected chi connectivity index (χ3v) is 2.57. The average Bonchev–Trinajstić information content (AvgIpc) is 3.00. The standard InChI is InChI=1S/C12H10.C4H7N/c1-3-7-11(8-4-1)12-9-5-2-6-10-12;1-2-4-5-3-1/h1-10H;1,3,5H,2,4H2. The molecule has 1 aliphatic rings. The summed E-state index contributed by atoms with van der Waals surface area (Å²) in [5.41, 5.74) is 2.55. The van der Waals surface area contributed by atoms with Gasteiger partial charge in [0.25, 0.3) is 0 Å². The maximum absolute atomic E-state index is 3.04. The van der Waals surface area contributed by atoms with Crippen LogP contribution in [0.25, 0.3) is 11.1 Å². The minimum Gasteiger partial charge on any atom is -0.391 e. The SMILES string of the molecule is C1=CNCC1.c1ccc(-c2ccccc2)cc1. The molecule has 0 aliphatic carbocycles. The molecule has 0 unspecified atom stereocenters. The number of hydrogen-bond donors (Lipinski definition) is 1. The summed E-state index contributed by atoms with van der Waals surface area (Å²) < 4.78 is 0. The first-order chi connectivity index (χ1) is 8.47. The Bertz CT molecular complexity index is 402. The van der Waals surface area contributed by atoms with E-state index in [0.29, 0.717) is 0 Å². The van der Waals surface area contributed by atoms with Crippen molar-refractivity contribution in [1.82, 2.24) is 5.32 Å². The fourth-order valence-corrected chi connectivity index (χ4v) is 1.68. The van der Waals surface area contributed by atoms with Gasteiger partial charge < -0.3 is 5.32 Å². The van der Waals surface area contributed by atoms with Crippen molar-refractivity contribution >= 4 is 0 Å². The molecule has 0 saturated carbocycles. The zero-order valence-electron chi connectivity index (χ0n) is 9.84. The minimum absolute atomic E-state index is 1.14. The smallest absolute Gasteiger partial charge is 0.0176 e. The second kappa shape index (κ2) is 6.54. The molecule has 0 radical (unpaired) electrons. The molecule has 0 amide bonds. The predicted molar refractivity (Wildman–Crippen MR) is 73.6 cm³/mol. The maximum Gasteiger partial charge on any atom is 0.0176 e. The molecule has 1 nitrogen and oxygen atoms in total. The average molecular weight is 223 g/mol. The van der Waals surface area contributed by atoms with E-state index in [2.05, 4.69) is 59.9 Å². The van der Waals surface area contributed by atoms with Gasteiger partial charge in [0.15, 0.2) is 0 Å². The Morgan fingerprint density at radius 1 is 0.706 bits per heavy atom. The van der Waals surface area contributed by atoms with Crippen molar-refractivity contribution in [2.75, 3.05) is 6.54 Å². The van der Waals surface area contributed by atoms with Crippen LogP contribution in [0.4, 0.5) is 0 Å². The summed E-state index contributed by atoms with van der Waals surface area (Å²) in [4.78, 5) is 0. The van der Waals surface area contributed by atoms with Gasteiger partial charge in [-0.2, -0.15) is 0 Å². The van der Waals surface area contributed by atoms with Crippen molar-refractivity contribution in [2.24, 2.45) is 0 Å². The van der Waals surface area contributed by atoms with Crippen LogP contribution in [-0.4, -0.2) is 6.54 Å². The van der Waals surface area contributed by atoms with Gasteiger partial charge in [-0.05, 0) is 23.7 Å². The fourth-order valence-electron chi connectivity index (χ4n) is 1.68. The van der Waals surface area contributed by atoms with Crippen LogP contribution in [0, 0.1) is 0 Å². The summed E-state index contributed by atoms with van der Waals surface area (Å²) in [5, 5.41) is 3.04. The van der Waals surface area contributed by atoms with E-state index in [0.717, 1.165) is 6.54 Å². The van der Waals surface area contributed by atoms with Crippen LogP contribution >= 0.6 is 0 Å². The Kier molecular flexibility index (Phi) is 4.41. The normalized spacial score (nSPS) is 12.5. The van der Waals surface area contributed by atoms with E-state index in [4.69, 9.17) is 0 Å². The molecule has 2 aromatic carbocycles. The number of benzene rings is 2. The summed E-state index contributed by atoms with van der Waals surface area (Å²) in [6.07, 6.45) is 5.32. The summed E-state index contributed by atoms with van der Waals surface area (Å²) in [5.74, 6) is 0. The van der Waals surface area contributed by atoms with Crippen molar-refractivity contribution < 1.29 is 0 Å². The quantitative estimate of drug-likeness (QED) is 0.774. The Balaban J connectivity index is 0.000000181. The van der Waals surface area contributed by atoms with Gasteiger partial charge in [0.1, 0.15) is 0 Å². The first-order valence-corrected chi connectivity index (χ1v) is 5.96. The summed E-state index contributed by atoms with van der Waals surface area (Å²) in [6, 6.07) is 20.8. The highest BCUT2D eigenvalue weighted by molar-refractivity contribution is 5.62. The molecule has 1 aliphatic heterocycles. The lowest BCUT2D eigenvalue weighted by Crippen LogP contribution is -1.96. The van der Waals surface area contributed by atoms with Crippen LogP contribution in [0.2, 0.25) is 0 Å². The van der Waals surface area contributed by atoms with Gasteiger partial charge in [0.2, 0.25) is 0 Å². The van der Waals surface area contributed by atoms with Crippen LogP contribution < -0.4 is 5.32 Å². The van der Waals surface area contributed by atoms with E-state index in [9.17, 15) is 0 Å². The van der Waals surface area contributed by atoms with Gasteiger partial charge in [0, 0.05) is 6.54 Å². The number of nitrogens with one attached hydrogen (secondary N) is 1. The van der Waals surface area contributed by atoms with Gasteiger partial charge in [-0.3, -0.25) is 0 Å². The topological polar surface area (TPSA) is 12.0 Å². The van der Waals surface area contributed by atoms with Crippen molar-refractivity contribution in [1.29, 1.82) is 0 Å². The monoisotopic (exact) mass is 223 g/mol. The van der Waals surface area contributed by atoms with Crippen LogP contribution in [0.3, 0.4) is 0 Å². The van der Waals surface area contributed by atoms with E-state index < -0.39 is 0 Å². The van der Waals surface area contributed by atoms with Crippen LogP contribution in [0.1, 0.15) is 6.42 Å². The zero-order chi connectivity index (χ0) is 11.8. The zero-order valence-corrected chi connectivity index (χ0v) is 9.84. The first kappa shape index (κ1) is 11.5. The molecule has 3 rings (SSSR count). The molecule has 0 aromatic heterocycles. The highest BCUT2D eigenvalue weighted by Gasteiger charge is 1.91. The fraction of sp³-hybridized carbons (Fsp3) is 0.125. The van der Waals surface area contributed by atoms with Crippen molar-refractivity contribution in [3.05, 3.63) is 72.9 Å². The van der Waals surface area contributed by atoms with Crippen LogP contribution in [0.5, 0.6) is 0 Å². The lowest BCUT2D eigenvalue weighted by molar-refractivity contribution is 0.917.